The summed E-state index contributed by atoms with van der Waals surface area (Å²) in [6.45, 7) is 0.0475. The number of aromatic nitrogens is 1. The maximum atomic E-state index is 12.1. The Hall–Kier alpha value is -1.99. The zero-order chi connectivity index (χ0) is 16.4. The van der Waals surface area contributed by atoms with E-state index in [-0.39, 0.29) is 36.5 Å². The fraction of sp³-hybridized carbons (Fsp3) is 0.312. The largest absolute Gasteiger partial charge is 0.378 e. The third-order valence-corrected chi connectivity index (χ3v) is 4.36. The van der Waals surface area contributed by atoms with Crippen LogP contribution in [0.2, 0.25) is 0 Å². The molecule has 0 atom stereocenters. The van der Waals surface area contributed by atoms with Crippen LogP contribution in [0.1, 0.15) is 5.76 Å². The molecule has 1 aliphatic rings. The highest BCUT2D eigenvalue weighted by molar-refractivity contribution is 9.09. The number of amides is 1. The smallest absolute Gasteiger partial charge is 0.230 e. The van der Waals surface area contributed by atoms with E-state index in [4.69, 9.17) is 4.52 Å². The topological polar surface area (TPSA) is 83.6 Å². The van der Waals surface area contributed by atoms with Gasteiger partial charge in [0.25, 0.3) is 0 Å². The van der Waals surface area contributed by atoms with Gasteiger partial charge in [-0.15, -0.1) is 0 Å². The van der Waals surface area contributed by atoms with Crippen molar-refractivity contribution in [3.05, 3.63) is 42.2 Å². The average Bonchev–Trinajstić information content (AvgIpc) is 3.00. The van der Waals surface area contributed by atoms with E-state index >= 15 is 0 Å². The second-order valence-corrected chi connectivity index (χ2v) is 6.12. The first kappa shape index (κ1) is 15.9. The molecule has 0 bridgehead atoms. The summed E-state index contributed by atoms with van der Waals surface area (Å²) in [6.07, 6.45) is 0.0540. The number of β-amino-alcohol motifs (C(OH)–C–C–N with tert-alkyl or cyclic N) is 1. The summed E-state index contributed by atoms with van der Waals surface area (Å²) >= 11 is 3.02. The van der Waals surface area contributed by atoms with E-state index in [1.165, 1.54) is 4.90 Å². The minimum absolute atomic E-state index is 0.0238. The molecular formula is C16H15BrN2O4. The Morgan fingerprint density at radius 2 is 2.00 bits per heavy atom. The van der Waals surface area contributed by atoms with E-state index in [0.717, 1.165) is 5.56 Å². The standard InChI is InChI=1S/C16H15BrN2O4/c17-8-14(20)16(22)9-19(10-16)15(21)7-12-6-13(18-23-12)11-4-2-1-3-5-11/h1-6,22H,7-10H2. The Morgan fingerprint density at radius 3 is 2.65 bits per heavy atom. The molecule has 0 radical (unpaired) electrons. The summed E-state index contributed by atoms with van der Waals surface area (Å²) in [5.74, 6) is -0.0588. The van der Waals surface area contributed by atoms with Crippen LogP contribution in [0.25, 0.3) is 11.3 Å². The van der Waals surface area contributed by atoms with Gasteiger partial charge in [-0.3, -0.25) is 9.59 Å². The molecule has 0 spiro atoms. The summed E-state index contributed by atoms with van der Waals surface area (Å²) in [5, 5.41) is 14.0. The van der Waals surface area contributed by atoms with Crippen LogP contribution in [0, 0.1) is 0 Å². The number of aliphatic hydroxyl groups is 1. The van der Waals surface area contributed by atoms with Gasteiger partial charge in [-0.1, -0.05) is 51.4 Å². The number of likely N-dealkylation sites (tertiary alicyclic amines) is 1. The molecule has 2 heterocycles. The van der Waals surface area contributed by atoms with Crippen LogP contribution in [-0.4, -0.2) is 50.9 Å². The van der Waals surface area contributed by atoms with Gasteiger partial charge in [0.2, 0.25) is 5.91 Å². The lowest BCUT2D eigenvalue weighted by atomic mass is 9.90. The lowest BCUT2D eigenvalue weighted by Crippen LogP contribution is -2.68. The number of halogens is 1. The number of Topliss-reactive ketones (excluding diaryl/α,β-unsaturated/α-hetero) is 1. The van der Waals surface area contributed by atoms with Crippen molar-refractivity contribution < 1.29 is 19.2 Å². The van der Waals surface area contributed by atoms with Crippen LogP contribution in [-0.2, 0) is 16.0 Å². The number of nitrogens with zero attached hydrogens (tertiary/aromatic N) is 2. The molecule has 0 saturated carbocycles. The van der Waals surface area contributed by atoms with Gasteiger partial charge < -0.3 is 14.5 Å². The predicted molar refractivity (Wildman–Crippen MR) is 86.0 cm³/mol. The fourth-order valence-corrected chi connectivity index (χ4v) is 2.99. The van der Waals surface area contributed by atoms with Crippen LogP contribution < -0.4 is 0 Å². The summed E-state index contributed by atoms with van der Waals surface area (Å²) in [6, 6.07) is 11.2. The lowest BCUT2D eigenvalue weighted by molar-refractivity contribution is -0.164. The minimum atomic E-state index is -1.42. The van der Waals surface area contributed by atoms with Crippen molar-refractivity contribution in [2.45, 2.75) is 12.0 Å². The van der Waals surface area contributed by atoms with Crippen molar-refractivity contribution in [3.63, 3.8) is 0 Å². The van der Waals surface area contributed by atoms with Crippen LogP contribution in [0.15, 0.2) is 40.9 Å². The maximum absolute atomic E-state index is 12.1. The van der Waals surface area contributed by atoms with Crippen molar-refractivity contribution in [1.29, 1.82) is 0 Å². The molecule has 1 amide bonds. The molecule has 1 aliphatic heterocycles. The second kappa shape index (κ2) is 6.25. The number of benzene rings is 1. The second-order valence-electron chi connectivity index (χ2n) is 5.56. The summed E-state index contributed by atoms with van der Waals surface area (Å²) in [4.78, 5) is 25.1. The zero-order valence-electron chi connectivity index (χ0n) is 12.2. The molecule has 1 N–H and O–H groups in total. The lowest BCUT2D eigenvalue weighted by Gasteiger charge is -2.44. The number of ketones is 1. The average molecular weight is 379 g/mol. The quantitative estimate of drug-likeness (QED) is 0.795. The number of rotatable bonds is 5. The molecular weight excluding hydrogens is 364 g/mol. The number of hydrogen-bond donors (Lipinski definition) is 1. The molecule has 120 valence electrons. The summed E-state index contributed by atoms with van der Waals surface area (Å²) < 4.78 is 5.19. The third kappa shape index (κ3) is 3.20. The first-order valence-corrected chi connectivity index (χ1v) is 8.24. The molecule has 23 heavy (non-hydrogen) atoms. The molecule has 1 aromatic carbocycles. The first-order valence-electron chi connectivity index (χ1n) is 7.12. The van der Waals surface area contributed by atoms with Gasteiger partial charge in [0.05, 0.1) is 24.8 Å². The number of carbonyl (C=O) groups is 2. The SMILES string of the molecule is O=C(Cc1cc(-c2ccccc2)no1)N1CC(O)(C(=O)CBr)C1. The molecule has 7 heteroatoms. The molecule has 1 aromatic heterocycles. The van der Waals surface area contributed by atoms with Crippen molar-refractivity contribution in [2.24, 2.45) is 0 Å². The van der Waals surface area contributed by atoms with Crippen LogP contribution >= 0.6 is 15.9 Å². The normalized spacial score (nSPS) is 16.0. The van der Waals surface area contributed by atoms with E-state index in [2.05, 4.69) is 21.1 Å². The van der Waals surface area contributed by atoms with Gasteiger partial charge in [-0.2, -0.15) is 0 Å². The highest BCUT2D eigenvalue weighted by Gasteiger charge is 2.48. The van der Waals surface area contributed by atoms with E-state index in [1.54, 1.807) is 6.07 Å². The summed E-state index contributed by atoms with van der Waals surface area (Å²) in [7, 11) is 0. The van der Waals surface area contributed by atoms with Crippen LogP contribution in [0.3, 0.4) is 0 Å². The van der Waals surface area contributed by atoms with Crippen molar-refractivity contribution in [3.8, 4) is 11.3 Å². The van der Waals surface area contributed by atoms with Crippen molar-refractivity contribution in [2.75, 3.05) is 18.4 Å². The molecule has 1 fully saturated rings. The molecule has 0 aliphatic carbocycles. The Kier molecular flexibility index (Phi) is 4.32. The number of carbonyl (C=O) groups excluding carboxylic acids is 2. The maximum Gasteiger partial charge on any atom is 0.230 e. The number of hydrogen-bond acceptors (Lipinski definition) is 5. The van der Waals surface area contributed by atoms with Gasteiger partial charge in [0.15, 0.2) is 11.4 Å². The van der Waals surface area contributed by atoms with Gasteiger partial charge in [-0.25, -0.2) is 0 Å². The first-order chi connectivity index (χ1) is 11.0. The Balaban J connectivity index is 1.60. The van der Waals surface area contributed by atoms with Gasteiger partial charge in [0.1, 0.15) is 11.5 Å². The molecule has 0 unspecified atom stereocenters. The Bertz CT molecular complexity index is 723. The molecule has 3 rings (SSSR count). The zero-order valence-corrected chi connectivity index (χ0v) is 13.8. The monoisotopic (exact) mass is 378 g/mol. The molecule has 1 saturated heterocycles. The minimum Gasteiger partial charge on any atom is -0.378 e. The van der Waals surface area contributed by atoms with Crippen molar-refractivity contribution in [1.82, 2.24) is 10.1 Å². The van der Waals surface area contributed by atoms with E-state index in [9.17, 15) is 14.7 Å². The van der Waals surface area contributed by atoms with Gasteiger partial charge in [0, 0.05) is 11.6 Å². The fourth-order valence-electron chi connectivity index (χ4n) is 2.46. The van der Waals surface area contributed by atoms with Crippen LogP contribution in [0.5, 0.6) is 0 Å². The van der Waals surface area contributed by atoms with Gasteiger partial charge in [-0.05, 0) is 0 Å². The highest BCUT2D eigenvalue weighted by atomic mass is 79.9. The molecule has 6 nitrogen and oxygen atoms in total. The van der Waals surface area contributed by atoms with E-state index in [1.807, 2.05) is 30.3 Å². The van der Waals surface area contributed by atoms with E-state index < -0.39 is 5.60 Å². The summed E-state index contributed by atoms with van der Waals surface area (Å²) in [5.41, 5.74) is 0.162. The predicted octanol–water partition coefficient (Wildman–Crippen LogP) is 1.42. The molecule has 2 aromatic rings. The Labute approximate surface area is 141 Å². The van der Waals surface area contributed by atoms with Crippen molar-refractivity contribution >= 4 is 27.6 Å². The highest BCUT2D eigenvalue weighted by Crippen LogP contribution is 2.24. The van der Waals surface area contributed by atoms with E-state index in [0.29, 0.717) is 11.5 Å². The number of alkyl halides is 1. The third-order valence-electron chi connectivity index (χ3n) is 3.85. The Morgan fingerprint density at radius 1 is 1.30 bits per heavy atom. The van der Waals surface area contributed by atoms with Gasteiger partial charge >= 0.3 is 0 Å². The van der Waals surface area contributed by atoms with Crippen LogP contribution in [0.4, 0.5) is 0 Å².